The number of thiazole rings is 1. The maximum atomic E-state index is 12.7. The van der Waals surface area contributed by atoms with Crippen LogP contribution in [-0.4, -0.2) is 35.6 Å². The van der Waals surface area contributed by atoms with E-state index in [1.54, 1.807) is 22.2 Å². The number of nitro benzene ring substituents is 1. The van der Waals surface area contributed by atoms with Gasteiger partial charge in [-0.3, -0.25) is 14.9 Å². The molecule has 4 rings (SSSR count). The third-order valence-electron chi connectivity index (χ3n) is 5.04. The lowest BCUT2D eigenvalue weighted by Gasteiger charge is -2.06. The van der Waals surface area contributed by atoms with Gasteiger partial charge in [0.1, 0.15) is 0 Å². The molecule has 33 heavy (non-hydrogen) atoms. The van der Waals surface area contributed by atoms with Crippen molar-refractivity contribution in [1.29, 1.82) is 0 Å². The van der Waals surface area contributed by atoms with Crippen LogP contribution >= 0.6 is 11.3 Å². The first-order valence-electron chi connectivity index (χ1n) is 10.1. The van der Waals surface area contributed by atoms with E-state index in [-0.39, 0.29) is 18.0 Å². The lowest BCUT2D eigenvalue weighted by molar-refractivity contribution is -0.384. The molecule has 0 spiro atoms. The van der Waals surface area contributed by atoms with E-state index in [2.05, 4.69) is 25.4 Å². The predicted molar refractivity (Wildman–Crippen MR) is 125 cm³/mol. The van der Waals surface area contributed by atoms with E-state index in [4.69, 9.17) is 0 Å². The van der Waals surface area contributed by atoms with Crippen molar-refractivity contribution in [3.8, 4) is 17.2 Å². The first kappa shape index (κ1) is 22.2. The summed E-state index contributed by atoms with van der Waals surface area (Å²) in [6.45, 7) is 7.52. The number of non-ortho nitro benzene ring substituents is 1. The Kier molecular flexibility index (Phi) is 5.97. The van der Waals surface area contributed by atoms with Crippen LogP contribution < -0.4 is 5.32 Å². The molecule has 11 heteroatoms. The summed E-state index contributed by atoms with van der Waals surface area (Å²) in [7, 11) is 0. The van der Waals surface area contributed by atoms with Crippen molar-refractivity contribution in [2.45, 2.75) is 34.1 Å². The van der Waals surface area contributed by atoms with Crippen LogP contribution in [0.1, 0.15) is 28.3 Å². The molecule has 0 unspecified atom stereocenters. The van der Waals surface area contributed by atoms with Crippen LogP contribution in [-0.2, 0) is 11.2 Å². The minimum absolute atomic E-state index is 0.0122. The van der Waals surface area contributed by atoms with Gasteiger partial charge in [0.15, 0.2) is 5.13 Å². The second-order valence-corrected chi connectivity index (χ2v) is 8.44. The molecule has 0 aliphatic heterocycles. The van der Waals surface area contributed by atoms with Gasteiger partial charge in [-0.2, -0.15) is 5.10 Å². The molecule has 1 aromatic carbocycles. The minimum atomic E-state index is -0.452. The Bertz CT molecular complexity index is 1360. The summed E-state index contributed by atoms with van der Waals surface area (Å²) in [5.74, 6) is 0.239. The minimum Gasteiger partial charge on any atom is -0.302 e. The number of aromatic nitrogens is 5. The molecule has 1 N–H and O–H groups in total. The standard InChI is InChI=1S/C22H21N7O3S/c1-12-8-13(2)24-21(23-12)28-15(4)18(14(3)27-28)10-20(30)26-22-25-19(11-33-22)16-6-5-7-17(9-16)29(31)32/h5-9,11H,10H2,1-4H3,(H,25,26,30). The number of nitro groups is 1. The highest BCUT2D eigenvalue weighted by atomic mass is 32.1. The average molecular weight is 464 g/mol. The highest BCUT2D eigenvalue weighted by Crippen LogP contribution is 2.27. The van der Waals surface area contributed by atoms with Crippen molar-refractivity contribution in [2.75, 3.05) is 5.32 Å². The molecule has 0 saturated carbocycles. The largest absolute Gasteiger partial charge is 0.302 e. The Hall–Kier alpha value is -3.99. The number of carbonyl (C=O) groups excluding carboxylic acids is 1. The molecule has 0 saturated heterocycles. The average Bonchev–Trinajstić information content (AvgIpc) is 3.33. The summed E-state index contributed by atoms with van der Waals surface area (Å²) in [6, 6.07) is 8.11. The Morgan fingerprint density at radius 2 is 1.85 bits per heavy atom. The van der Waals surface area contributed by atoms with E-state index in [9.17, 15) is 14.9 Å². The van der Waals surface area contributed by atoms with Crippen LogP contribution in [0.25, 0.3) is 17.2 Å². The molecule has 4 aromatic rings. The highest BCUT2D eigenvalue weighted by Gasteiger charge is 2.19. The van der Waals surface area contributed by atoms with Crippen molar-refractivity contribution in [1.82, 2.24) is 24.7 Å². The van der Waals surface area contributed by atoms with Gasteiger partial charge in [0.2, 0.25) is 5.91 Å². The molecular formula is C22H21N7O3S. The maximum absolute atomic E-state index is 12.7. The number of aryl methyl sites for hydroxylation is 3. The monoisotopic (exact) mass is 463 g/mol. The van der Waals surface area contributed by atoms with Gasteiger partial charge in [-0.25, -0.2) is 19.6 Å². The first-order valence-corrected chi connectivity index (χ1v) is 11.0. The van der Waals surface area contributed by atoms with Crippen LogP contribution in [0.5, 0.6) is 0 Å². The second kappa shape index (κ2) is 8.87. The molecule has 3 heterocycles. The van der Waals surface area contributed by atoms with Gasteiger partial charge in [-0.05, 0) is 33.8 Å². The molecule has 0 radical (unpaired) electrons. The normalized spacial score (nSPS) is 10.9. The smallest absolute Gasteiger partial charge is 0.270 e. The van der Waals surface area contributed by atoms with E-state index < -0.39 is 4.92 Å². The number of carbonyl (C=O) groups is 1. The van der Waals surface area contributed by atoms with E-state index in [1.807, 2.05) is 33.8 Å². The zero-order valence-corrected chi connectivity index (χ0v) is 19.3. The van der Waals surface area contributed by atoms with Gasteiger partial charge in [0, 0.05) is 45.7 Å². The van der Waals surface area contributed by atoms with E-state index in [1.165, 1.54) is 23.5 Å². The number of rotatable bonds is 6. The van der Waals surface area contributed by atoms with Crippen LogP contribution in [0.3, 0.4) is 0 Å². The van der Waals surface area contributed by atoms with Crippen LogP contribution in [0.2, 0.25) is 0 Å². The SMILES string of the molecule is Cc1cc(C)nc(-n2nc(C)c(CC(=O)Nc3nc(-c4cccc([N+](=O)[O-])c4)cs3)c2C)n1. The fraction of sp³-hybridized carbons (Fsp3) is 0.227. The Morgan fingerprint density at radius 3 is 2.55 bits per heavy atom. The van der Waals surface area contributed by atoms with Crippen molar-refractivity contribution in [2.24, 2.45) is 0 Å². The predicted octanol–water partition coefficient (Wildman–Crippen LogP) is 4.11. The van der Waals surface area contributed by atoms with Crippen LogP contribution in [0, 0.1) is 37.8 Å². The van der Waals surface area contributed by atoms with Crippen LogP contribution in [0.4, 0.5) is 10.8 Å². The van der Waals surface area contributed by atoms with Gasteiger partial charge < -0.3 is 5.32 Å². The summed E-state index contributed by atoms with van der Waals surface area (Å²) in [4.78, 5) is 36.6. The fourth-order valence-electron chi connectivity index (χ4n) is 3.49. The van der Waals surface area contributed by atoms with Crippen molar-refractivity contribution < 1.29 is 9.72 Å². The second-order valence-electron chi connectivity index (χ2n) is 7.58. The number of nitrogens with one attached hydrogen (secondary N) is 1. The first-order chi connectivity index (χ1) is 15.7. The van der Waals surface area contributed by atoms with Gasteiger partial charge >= 0.3 is 0 Å². The van der Waals surface area contributed by atoms with Crippen molar-refractivity contribution in [3.05, 3.63) is 74.2 Å². The van der Waals surface area contributed by atoms with Gasteiger partial charge in [-0.1, -0.05) is 12.1 Å². The molecule has 0 atom stereocenters. The molecule has 0 aliphatic rings. The maximum Gasteiger partial charge on any atom is 0.270 e. The van der Waals surface area contributed by atoms with Crippen LogP contribution in [0.15, 0.2) is 35.7 Å². The quantitative estimate of drug-likeness (QED) is 0.336. The molecular weight excluding hydrogens is 442 g/mol. The molecule has 1 amide bonds. The number of benzene rings is 1. The third-order valence-corrected chi connectivity index (χ3v) is 5.80. The summed E-state index contributed by atoms with van der Waals surface area (Å²) >= 11 is 1.26. The Labute approximate surface area is 193 Å². The number of amides is 1. The number of hydrogen-bond acceptors (Lipinski definition) is 8. The zero-order chi connectivity index (χ0) is 23.7. The lowest BCUT2D eigenvalue weighted by Crippen LogP contribution is -2.15. The molecule has 168 valence electrons. The van der Waals surface area contributed by atoms with E-state index >= 15 is 0 Å². The van der Waals surface area contributed by atoms with Crippen molar-refractivity contribution >= 4 is 28.1 Å². The molecule has 0 fully saturated rings. The number of hydrogen-bond donors (Lipinski definition) is 1. The van der Waals surface area contributed by atoms with Crippen molar-refractivity contribution in [3.63, 3.8) is 0 Å². The topological polar surface area (TPSA) is 129 Å². The molecule has 0 bridgehead atoms. The van der Waals surface area contributed by atoms with E-state index in [0.29, 0.717) is 22.3 Å². The zero-order valence-electron chi connectivity index (χ0n) is 18.5. The number of anilines is 1. The number of nitrogens with zero attached hydrogens (tertiary/aromatic N) is 6. The lowest BCUT2D eigenvalue weighted by atomic mass is 10.1. The molecule has 0 aliphatic carbocycles. The molecule has 10 nitrogen and oxygen atoms in total. The van der Waals surface area contributed by atoms with Gasteiger partial charge in [0.05, 0.1) is 22.7 Å². The summed E-state index contributed by atoms with van der Waals surface area (Å²) in [6.07, 6.45) is 0.119. The van der Waals surface area contributed by atoms with Gasteiger partial charge in [-0.15, -0.1) is 11.3 Å². The highest BCUT2D eigenvalue weighted by molar-refractivity contribution is 7.14. The van der Waals surface area contributed by atoms with E-state index in [0.717, 1.165) is 28.3 Å². The summed E-state index contributed by atoms with van der Waals surface area (Å²) in [5.41, 5.74) is 5.16. The fourth-order valence-corrected chi connectivity index (χ4v) is 4.23. The third kappa shape index (κ3) is 4.77. The molecule has 3 aromatic heterocycles. The Morgan fingerprint density at radius 1 is 1.12 bits per heavy atom. The summed E-state index contributed by atoms with van der Waals surface area (Å²) < 4.78 is 1.65. The van der Waals surface area contributed by atoms with Gasteiger partial charge in [0.25, 0.3) is 11.6 Å². The Balaban J connectivity index is 1.51. The summed E-state index contributed by atoms with van der Waals surface area (Å²) in [5, 5.41) is 20.5.